The van der Waals surface area contributed by atoms with E-state index in [0.717, 1.165) is 16.3 Å². The van der Waals surface area contributed by atoms with Gasteiger partial charge in [-0.1, -0.05) is 48.5 Å². The molecule has 3 aromatic rings. The zero-order valence-corrected chi connectivity index (χ0v) is 9.88. The number of benzene rings is 2. The largest absolute Gasteiger partial charge is 0.494 e. The Labute approximate surface area is 105 Å². The van der Waals surface area contributed by atoms with E-state index < -0.39 is 0 Å². The minimum absolute atomic E-state index is 0.229. The molecule has 0 aliphatic carbocycles. The van der Waals surface area contributed by atoms with Gasteiger partial charge in [0.2, 0.25) is 5.88 Å². The van der Waals surface area contributed by atoms with Gasteiger partial charge in [-0.2, -0.15) is 0 Å². The van der Waals surface area contributed by atoms with Crippen LogP contribution in [0.1, 0.15) is 5.56 Å². The van der Waals surface area contributed by atoms with Gasteiger partial charge in [0.05, 0.1) is 6.54 Å². The fourth-order valence-electron chi connectivity index (χ4n) is 2.23. The van der Waals surface area contributed by atoms with Crippen LogP contribution in [0.5, 0.6) is 5.88 Å². The van der Waals surface area contributed by atoms with Crippen LogP contribution in [0.2, 0.25) is 0 Å². The summed E-state index contributed by atoms with van der Waals surface area (Å²) in [5.41, 5.74) is 7.20. The number of hydrogen-bond donors (Lipinski definition) is 2. The van der Waals surface area contributed by atoms with Crippen LogP contribution in [0.15, 0.2) is 54.6 Å². The predicted molar refractivity (Wildman–Crippen MR) is 73.6 cm³/mol. The van der Waals surface area contributed by atoms with Crippen LogP contribution >= 0.6 is 0 Å². The standard InChI is InChI=1S/C15H14N2O/c16-14-12-8-4-5-9-13(12)15(18)17(14)10-11-6-2-1-3-7-11/h1-9,18H,10,16H2. The lowest BCUT2D eigenvalue weighted by Crippen LogP contribution is -2.03. The maximum Gasteiger partial charge on any atom is 0.201 e. The third-order valence-electron chi connectivity index (χ3n) is 3.17. The van der Waals surface area contributed by atoms with Crippen LogP contribution in [0.4, 0.5) is 5.82 Å². The Morgan fingerprint density at radius 3 is 2.17 bits per heavy atom. The zero-order valence-electron chi connectivity index (χ0n) is 9.88. The first-order valence-corrected chi connectivity index (χ1v) is 5.87. The molecule has 90 valence electrons. The van der Waals surface area contributed by atoms with Crippen molar-refractivity contribution in [3.63, 3.8) is 0 Å². The lowest BCUT2D eigenvalue weighted by atomic mass is 10.2. The molecular formula is C15H14N2O. The molecule has 1 aromatic heterocycles. The lowest BCUT2D eigenvalue weighted by Gasteiger charge is -2.07. The molecule has 3 rings (SSSR count). The van der Waals surface area contributed by atoms with Gasteiger partial charge in [-0.25, -0.2) is 0 Å². The van der Waals surface area contributed by atoms with Crippen LogP contribution in [0.3, 0.4) is 0 Å². The van der Waals surface area contributed by atoms with Gasteiger partial charge in [-0.15, -0.1) is 0 Å². The van der Waals surface area contributed by atoms with Crippen LogP contribution in [-0.4, -0.2) is 9.67 Å². The Bertz CT molecular complexity index is 647. The van der Waals surface area contributed by atoms with Gasteiger partial charge in [-0.05, 0) is 11.6 Å². The number of nitrogens with zero attached hydrogens (tertiary/aromatic N) is 1. The topological polar surface area (TPSA) is 51.2 Å². The smallest absolute Gasteiger partial charge is 0.201 e. The minimum atomic E-state index is 0.229. The van der Waals surface area contributed by atoms with Crippen molar-refractivity contribution in [2.45, 2.75) is 6.54 Å². The minimum Gasteiger partial charge on any atom is -0.494 e. The molecule has 0 fully saturated rings. The number of nitrogens with two attached hydrogens (primary N) is 1. The highest BCUT2D eigenvalue weighted by molar-refractivity contribution is 5.97. The summed E-state index contributed by atoms with van der Waals surface area (Å²) in [5, 5.41) is 11.9. The van der Waals surface area contributed by atoms with Crippen LogP contribution < -0.4 is 5.73 Å². The number of rotatable bonds is 2. The molecule has 18 heavy (non-hydrogen) atoms. The highest BCUT2D eigenvalue weighted by atomic mass is 16.3. The number of anilines is 1. The molecule has 0 amide bonds. The lowest BCUT2D eigenvalue weighted by molar-refractivity contribution is 0.432. The fourth-order valence-corrected chi connectivity index (χ4v) is 2.23. The van der Waals surface area contributed by atoms with E-state index >= 15 is 0 Å². The van der Waals surface area contributed by atoms with Crippen LogP contribution in [-0.2, 0) is 6.54 Å². The van der Waals surface area contributed by atoms with Gasteiger partial charge in [0, 0.05) is 10.8 Å². The summed E-state index contributed by atoms with van der Waals surface area (Å²) in [6.45, 7) is 0.577. The average Bonchev–Trinajstić information content (AvgIpc) is 2.66. The summed E-state index contributed by atoms with van der Waals surface area (Å²) in [4.78, 5) is 0. The number of fused-ring (bicyclic) bond motifs is 1. The van der Waals surface area contributed by atoms with Crippen LogP contribution in [0, 0.1) is 0 Å². The summed E-state index contributed by atoms with van der Waals surface area (Å²) < 4.78 is 1.74. The summed E-state index contributed by atoms with van der Waals surface area (Å²) in [5.74, 6) is 0.832. The Morgan fingerprint density at radius 2 is 1.50 bits per heavy atom. The van der Waals surface area contributed by atoms with Crippen molar-refractivity contribution in [3.8, 4) is 5.88 Å². The van der Waals surface area contributed by atoms with E-state index in [9.17, 15) is 5.11 Å². The third-order valence-corrected chi connectivity index (χ3v) is 3.17. The van der Waals surface area contributed by atoms with Crippen molar-refractivity contribution in [3.05, 3.63) is 60.2 Å². The molecule has 3 N–H and O–H groups in total. The van der Waals surface area contributed by atoms with Crippen molar-refractivity contribution >= 4 is 16.6 Å². The van der Waals surface area contributed by atoms with E-state index in [-0.39, 0.29) is 5.88 Å². The molecule has 0 aliphatic rings. The second-order valence-electron chi connectivity index (χ2n) is 4.33. The number of hydrogen-bond acceptors (Lipinski definition) is 2. The second-order valence-corrected chi connectivity index (χ2v) is 4.33. The van der Waals surface area contributed by atoms with E-state index in [1.165, 1.54) is 0 Å². The Kier molecular flexibility index (Phi) is 2.45. The second kappa shape index (κ2) is 4.11. The highest BCUT2D eigenvalue weighted by Crippen LogP contribution is 2.33. The summed E-state index contributed by atoms with van der Waals surface area (Å²) >= 11 is 0. The Hall–Kier alpha value is -2.42. The summed E-state index contributed by atoms with van der Waals surface area (Å²) in [6.07, 6.45) is 0. The van der Waals surface area contributed by atoms with Gasteiger partial charge in [0.15, 0.2) is 0 Å². The quantitative estimate of drug-likeness (QED) is 0.721. The van der Waals surface area contributed by atoms with E-state index in [4.69, 9.17) is 5.73 Å². The molecular weight excluding hydrogens is 224 g/mol. The number of aromatic hydroxyl groups is 1. The summed E-state index contributed by atoms with van der Waals surface area (Å²) in [6, 6.07) is 17.6. The molecule has 0 bridgehead atoms. The van der Waals surface area contributed by atoms with E-state index in [2.05, 4.69) is 0 Å². The predicted octanol–water partition coefficient (Wildman–Crippen LogP) is 2.98. The fraction of sp³-hybridized carbons (Fsp3) is 0.0667. The normalized spacial score (nSPS) is 10.9. The van der Waals surface area contributed by atoms with E-state index in [1.54, 1.807) is 4.57 Å². The van der Waals surface area contributed by atoms with Crippen LogP contribution in [0.25, 0.3) is 10.8 Å². The zero-order chi connectivity index (χ0) is 12.5. The maximum atomic E-state index is 10.2. The molecule has 0 aliphatic heterocycles. The van der Waals surface area contributed by atoms with Gasteiger partial charge in [0.1, 0.15) is 5.82 Å². The van der Waals surface area contributed by atoms with E-state index in [0.29, 0.717) is 12.4 Å². The van der Waals surface area contributed by atoms with Crippen molar-refractivity contribution in [1.29, 1.82) is 0 Å². The molecule has 0 unspecified atom stereocenters. The Morgan fingerprint density at radius 1 is 0.889 bits per heavy atom. The average molecular weight is 238 g/mol. The van der Waals surface area contributed by atoms with Crippen molar-refractivity contribution < 1.29 is 5.11 Å². The Balaban J connectivity index is 2.12. The molecule has 0 saturated carbocycles. The van der Waals surface area contributed by atoms with Crippen molar-refractivity contribution in [2.24, 2.45) is 0 Å². The third kappa shape index (κ3) is 1.61. The van der Waals surface area contributed by atoms with Gasteiger partial charge in [-0.3, -0.25) is 4.57 Å². The van der Waals surface area contributed by atoms with Gasteiger partial charge >= 0.3 is 0 Å². The molecule has 0 radical (unpaired) electrons. The number of nitrogen functional groups attached to an aromatic ring is 1. The first-order chi connectivity index (χ1) is 8.77. The first kappa shape index (κ1) is 10.7. The summed E-state index contributed by atoms with van der Waals surface area (Å²) in [7, 11) is 0. The van der Waals surface area contributed by atoms with Gasteiger partial charge < -0.3 is 10.8 Å². The SMILES string of the molecule is Nc1c2ccccc2c(O)n1Cc1ccccc1. The molecule has 3 nitrogen and oxygen atoms in total. The van der Waals surface area contributed by atoms with Gasteiger partial charge in [0.25, 0.3) is 0 Å². The monoisotopic (exact) mass is 238 g/mol. The molecule has 1 heterocycles. The number of aromatic nitrogens is 1. The molecule has 2 aromatic carbocycles. The molecule has 0 atom stereocenters. The first-order valence-electron chi connectivity index (χ1n) is 5.87. The van der Waals surface area contributed by atoms with E-state index in [1.807, 2.05) is 54.6 Å². The maximum absolute atomic E-state index is 10.2. The van der Waals surface area contributed by atoms with Crippen molar-refractivity contribution in [2.75, 3.05) is 5.73 Å². The molecule has 3 heteroatoms. The molecule has 0 saturated heterocycles. The molecule has 0 spiro atoms. The van der Waals surface area contributed by atoms with Crippen molar-refractivity contribution in [1.82, 2.24) is 4.57 Å². The highest BCUT2D eigenvalue weighted by Gasteiger charge is 2.13.